The summed E-state index contributed by atoms with van der Waals surface area (Å²) in [5, 5.41) is 22.3. The third-order valence-electron chi connectivity index (χ3n) is 6.64. The topological polar surface area (TPSA) is 70.0 Å². The number of aromatic hydroxyl groups is 1. The van der Waals surface area contributed by atoms with Crippen LogP contribution in [0.2, 0.25) is 0 Å². The highest BCUT2D eigenvalue weighted by atomic mass is 16.5. The fourth-order valence-electron chi connectivity index (χ4n) is 5.55. The molecule has 1 heterocycles. The van der Waals surface area contributed by atoms with Gasteiger partial charge < -0.3 is 14.9 Å². The number of rotatable bonds is 4. The van der Waals surface area contributed by atoms with Gasteiger partial charge >= 0.3 is 0 Å². The molecule has 1 saturated carbocycles. The first kappa shape index (κ1) is 16.6. The Labute approximate surface area is 147 Å². The van der Waals surface area contributed by atoms with Crippen LogP contribution in [0.1, 0.15) is 37.3 Å². The number of hydrogen-bond donors (Lipinski definition) is 2. The zero-order valence-electron chi connectivity index (χ0n) is 14.8. The van der Waals surface area contributed by atoms with Crippen LogP contribution in [0.25, 0.3) is 0 Å². The average molecular weight is 343 g/mol. The third-order valence-corrected chi connectivity index (χ3v) is 6.64. The second kappa shape index (κ2) is 5.32. The summed E-state index contributed by atoms with van der Waals surface area (Å²) in [6.45, 7) is 6.48. The molecule has 1 aromatic carbocycles. The van der Waals surface area contributed by atoms with Crippen molar-refractivity contribution in [2.45, 2.75) is 55.8 Å². The predicted molar refractivity (Wildman–Crippen MR) is 94.0 cm³/mol. The van der Waals surface area contributed by atoms with E-state index in [2.05, 4.69) is 11.5 Å². The van der Waals surface area contributed by atoms with E-state index in [0.29, 0.717) is 38.0 Å². The second-order valence-corrected chi connectivity index (χ2v) is 7.61. The number of phenolic OH excluding ortho intramolecular Hbond substituents is 1. The molecule has 1 fully saturated rings. The first-order chi connectivity index (χ1) is 11.9. The molecule has 4 rings (SSSR count). The number of nitrogens with zero attached hydrogens (tertiary/aromatic N) is 1. The van der Waals surface area contributed by atoms with Crippen LogP contribution in [0.15, 0.2) is 24.8 Å². The number of ether oxygens (including phenoxy) is 1. The third kappa shape index (κ3) is 1.83. The standard InChI is InChI=1S/C20H25NO4/c1-4-10-21(3)15-11-12-6-7-13(22)17-16(12)19(5-2)18(25-17)14(23)8-9-20(15,19)24/h4,6-7,15,18,22,24H,1,5,8-11H2,2-3H3/t15-,18+,19+,20-/m0/s1. The van der Waals surface area contributed by atoms with Crippen molar-refractivity contribution in [1.82, 2.24) is 4.90 Å². The van der Waals surface area contributed by atoms with Crippen molar-refractivity contribution < 1.29 is 19.7 Å². The van der Waals surface area contributed by atoms with Gasteiger partial charge in [0.1, 0.15) is 0 Å². The molecule has 2 aliphatic carbocycles. The van der Waals surface area contributed by atoms with Crippen molar-refractivity contribution in [3.8, 4) is 11.5 Å². The minimum absolute atomic E-state index is 0.0140. The maximum Gasteiger partial charge on any atom is 0.174 e. The Bertz CT molecular complexity index is 760. The smallest absolute Gasteiger partial charge is 0.174 e. The molecule has 0 aromatic heterocycles. The van der Waals surface area contributed by atoms with Crippen LogP contribution in [0, 0.1) is 0 Å². The Morgan fingerprint density at radius 2 is 2.24 bits per heavy atom. The van der Waals surface area contributed by atoms with E-state index >= 15 is 0 Å². The Morgan fingerprint density at radius 1 is 1.48 bits per heavy atom. The summed E-state index contributed by atoms with van der Waals surface area (Å²) in [6, 6.07) is 3.41. The number of carbonyl (C=O) groups excluding carboxylic acids is 1. The number of phenols is 1. The van der Waals surface area contributed by atoms with Crippen LogP contribution in [-0.4, -0.2) is 52.2 Å². The molecule has 25 heavy (non-hydrogen) atoms. The summed E-state index contributed by atoms with van der Waals surface area (Å²) in [5.74, 6) is 0.456. The number of aliphatic hydroxyl groups is 1. The molecule has 0 amide bonds. The Hall–Kier alpha value is -1.85. The Kier molecular flexibility index (Phi) is 3.54. The van der Waals surface area contributed by atoms with E-state index in [4.69, 9.17) is 4.74 Å². The van der Waals surface area contributed by atoms with Gasteiger partial charge in [0.05, 0.1) is 11.0 Å². The molecule has 0 unspecified atom stereocenters. The lowest BCUT2D eigenvalue weighted by Crippen LogP contribution is -2.72. The molecule has 4 atom stereocenters. The SMILES string of the molecule is C=CCN(C)[C@H]1Cc2ccc(O)c3c2[C@]2(CC)[C@H](O3)C(=O)CC[C@]12O. The minimum Gasteiger partial charge on any atom is -0.504 e. The largest absolute Gasteiger partial charge is 0.504 e. The van der Waals surface area contributed by atoms with Gasteiger partial charge in [-0.2, -0.15) is 0 Å². The lowest BCUT2D eigenvalue weighted by molar-refractivity contribution is -0.168. The van der Waals surface area contributed by atoms with Gasteiger partial charge in [0.25, 0.3) is 0 Å². The fourth-order valence-corrected chi connectivity index (χ4v) is 5.55. The molecular weight excluding hydrogens is 318 g/mol. The lowest BCUT2D eigenvalue weighted by atomic mass is 9.51. The van der Waals surface area contributed by atoms with Crippen LogP contribution in [-0.2, 0) is 16.6 Å². The lowest BCUT2D eigenvalue weighted by Gasteiger charge is -2.58. The predicted octanol–water partition coefficient (Wildman–Crippen LogP) is 1.94. The van der Waals surface area contributed by atoms with Gasteiger partial charge in [0.2, 0.25) is 0 Å². The Morgan fingerprint density at radius 3 is 2.92 bits per heavy atom. The van der Waals surface area contributed by atoms with Crippen molar-refractivity contribution >= 4 is 5.78 Å². The molecule has 5 nitrogen and oxygen atoms in total. The zero-order valence-corrected chi connectivity index (χ0v) is 14.8. The molecule has 1 aliphatic heterocycles. The van der Waals surface area contributed by atoms with Crippen LogP contribution in [0.4, 0.5) is 0 Å². The van der Waals surface area contributed by atoms with Crippen molar-refractivity contribution in [3.05, 3.63) is 35.9 Å². The normalized spacial score (nSPS) is 35.4. The van der Waals surface area contributed by atoms with Gasteiger partial charge in [0, 0.05) is 24.6 Å². The maximum atomic E-state index is 12.7. The number of Topliss-reactive ketones (excluding diaryl/α,β-unsaturated/α-hetero) is 1. The summed E-state index contributed by atoms with van der Waals surface area (Å²) in [5.41, 5.74) is 0.0186. The number of ketones is 1. The van der Waals surface area contributed by atoms with E-state index < -0.39 is 17.1 Å². The summed E-state index contributed by atoms with van der Waals surface area (Å²) in [4.78, 5) is 14.8. The molecule has 5 heteroatoms. The maximum absolute atomic E-state index is 12.7. The molecule has 0 saturated heterocycles. The summed E-state index contributed by atoms with van der Waals surface area (Å²) in [6.07, 6.45) is 3.07. The summed E-state index contributed by atoms with van der Waals surface area (Å²) in [7, 11) is 1.99. The highest BCUT2D eigenvalue weighted by Gasteiger charge is 2.70. The van der Waals surface area contributed by atoms with Crippen molar-refractivity contribution in [2.24, 2.45) is 0 Å². The van der Waals surface area contributed by atoms with Crippen LogP contribution in [0.3, 0.4) is 0 Å². The van der Waals surface area contributed by atoms with Gasteiger partial charge in [-0.15, -0.1) is 6.58 Å². The number of carbonyl (C=O) groups is 1. The highest BCUT2D eigenvalue weighted by molar-refractivity contribution is 5.89. The van der Waals surface area contributed by atoms with Crippen LogP contribution < -0.4 is 4.74 Å². The van der Waals surface area contributed by atoms with E-state index in [-0.39, 0.29) is 17.6 Å². The highest BCUT2D eigenvalue weighted by Crippen LogP contribution is 2.62. The van der Waals surface area contributed by atoms with E-state index in [0.717, 1.165) is 11.1 Å². The quantitative estimate of drug-likeness (QED) is 0.818. The minimum atomic E-state index is -1.08. The van der Waals surface area contributed by atoms with E-state index in [1.54, 1.807) is 6.07 Å². The van der Waals surface area contributed by atoms with Crippen molar-refractivity contribution in [1.29, 1.82) is 0 Å². The molecular formula is C20H25NO4. The molecule has 3 aliphatic rings. The van der Waals surface area contributed by atoms with Crippen LogP contribution >= 0.6 is 0 Å². The van der Waals surface area contributed by atoms with E-state index in [9.17, 15) is 15.0 Å². The second-order valence-electron chi connectivity index (χ2n) is 7.61. The number of benzene rings is 1. The molecule has 134 valence electrons. The monoisotopic (exact) mass is 343 g/mol. The van der Waals surface area contributed by atoms with Gasteiger partial charge in [-0.1, -0.05) is 19.1 Å². The fraction of sp³-hybridized carbons (Fsp3) is 0.550. The van der Waals surface area contributed by atoms with E-state index in [1.165, 1.54) is 0 Å². The molecule has 0 spiro atoms. The average Bonchev–Trinajstić information content (AvgIpc) is 2.97. The van der Waals surface area contributed by atoms with E-state index in [1.807, 2.05) is 26.1 Å². The van der Waals surface area contributed by atoms with Crippen molar-refractivity contribution in [3.63, 3.8) is 0 Å². The summed E-state index contributed by atoms with van der Waals surface area (Å²) >= 11 is 0. The van der Waals surface area contributed by atoms with Crippen LogP contribution in [0.5, 0.6) is 11.5 Å². The first-order valence-electron chi connectivity index (χ1n) is 8.99. The Balaban J connectivity index is 1.99. The van der Waals surface area contributed by atoms with Crippen molar-refractivity contribution in [2.75, 3.05) is 13.6 Å². The molecule has 1 aromatic rings. The molecule has 2 N–H and O–H groups in total. The zero-order chi connectivity index (χ0) is 18.0. The number of hydrogen-bond acceptors (Lipinski definition) is 5. The van der Waals surface area contributed by atoms with Gasteiger partial charge in [-0.05, 0) is 37.9 Å². The first-order valence-corrected chi connectivity index (χ1v) is 8.99. The summed E-state index contributed by atoms with van der Waals surface area (Å²) < 4.78 is 5.99. The van der Waals surface area contributed by atoms with Gasteiger partial charge in [-0.25, -0.2) is 0 Å². The number of likely N-dealkylation sites (N-methyl/N-ethyl adjacent to an activating group) is 1. The molecule has 0 bridgehead atoms. The molecule has 0 radical (unpaired) electrons. The van der Waals surface area contributed by atoms with Gasteiger partial charge in [-0.3, -0.25) is 9.69 Å². The van der Waals surface area contributed by atoms with Gasteiger partial charge in [0.15, 0.2) is 23.4 Å².